The van der Waals surface area contributed by atoms with Gasteiger partial charge in [0.2, 0.25) is 0 Å². The number of carbonyl (C=O) groups is 2. The molecule has 0 amide bonds. The van der Waals surface area contributed by atoms with Gasteiger partial charge in [-0.05, 0) is 125 Å². The van der Waals surface area contributed by atoms with Gasteiger partial charge in [-0.15, -0.1) is 0 Å². The highest BCUT2D eigenvalue weighted by Crippen LogP contribution is 2.43. The van der Waals surface area contributed by atoms with Crippen LogP contribution in [0.2, 0.25) is 0 Å². The first-order valence-corrected chi connectivity index (χ1v) is 17.1. The van der Waals surface area contributed by atoms with Gasteiger partial charge in [-0.25, -0.2) is 4.79 Å². The van der Waals surface area contributed by atoms with Crippen LogP contribution >= 0.6 is 0 Å². The molecule has 3 aliphatic carbocycles. The van der Waals surface area contributed by atoms with Crippen LogP contribution in [0.4, 0.5) is 0 Å². The number of aliphatic hydroxyl groups is 2. The fourth-order valence-corrected chi connectivity index (χ4v) is 7.29. The maximum Gasteiger partial charge on any atom is 0.335 e. The van der Waals surface area contributed by atoms with Crippen LogP contribution < -0.4 is 0 Å². The maximum absolute atomic E-state index is 11.7. The molecule has 0 aromatic heterocycles. The number of aliphatic hydroxyl groups excluding tert-OH is 2. The molecule has 3 fully saturated rings. The van der Waals surface area contributed by atoms with Gasteiger partial charge >= 0.3 is 5.97 Å². The van der Waals surface area contributed by atoms with Gasteiger partial charge in [0.25, 0.3) is 0 Å². The molecule has 5 heteroatoms. The first-order valence-electron chi connectivity index (χ1n) is 17.1. The highest BCUT2D eigenvalue weighted by molar-refractivity contribution is 5.87. The van der Waals surface area contributed by atoms with Crippen molar-refractivity contribution in [3.8, 4) is 0 Å². The Morgan fingerprint density at radius 1 is 0.833 bits per heavy atom. The van der Waals surface area contributed by atoms with E-state index in [2.05, 4.69) is 32.2 Å². The van der Waals surface area contributed by atoms with E-state index in [0.717, 1.165) is 54.6 Å². The first kappa shape index (κ1) is 36.5. The number of aldehydes is 1. The van der Waals surface area contributed by atoms with Crippen LogP contribution in [-0.4, -0.2) is 42.3 Å². The highest BCUT2D eigenvalue weighted by atomic mass is 16.5. The van der Waals surface area contributed by atoms with Gasteiger partial charge < -0.3 is 14.9 Å². The molecule has 0 aromatic rings. The minimum Gasteiger partial charge on any atom is -0.462 e. The average molecular weight is 587 g/mol. The molecule has 3 saturated carbocycles. The number of carbonyl (C=O) groups excluding carboxylic acids is 2. The molecule has 0 spiro atoms. The van der Waals surface area contributed by atoms with E-state index in [1.165, 1.54) is 96.3 Å². The van der Waals surface area contributed by atoms with Crippen LogP contribution in [-0.2, 0) is 14.3 Å². The molecule has 0 heterocycles. The predicted molar refractivity (Wildman–Crippen MR) is 173 cm³/mol. The van der Waals surface area contributed by atoms with Crippen molar-refractivity contribution in [1.29, 1.82) is 0 Å². The summed E-state index contributed by atoms with van der Waals surface area (Å²) in [6.07, 6.45) is 28.9. The van der Waals surface area contributed by atoms with Crippen molar-refractivity contribution in [2.45, 2.75) is 123 Å². The third kappa shape index (κ3) is 14.2. The van der Waals surface area contributed by atoms with Crippen molar-refractivity contribution in [2.24, 2.45) is 41.4 Å². The molecule has 3 rings (SSSR count). The van der Waals surface area contributed by atoms with E-state index in [1.807, 2.05) is 0 Å². The van der Waals surface area contributed by atoms with Crippen LogP contribution in [0, 0.1) is 41.4 Å². The van der Waals surface area contributed by atoms with Crippen LogP contribution in [0.1, 0.15) is 123 Å². The van der Waals surface area contributed by atoms with E-state index in [0.29, 0.717) is 5.57 Å². The largest absolute Gasteiger partial charge is 0.462 e. The summed E-state index contributed by atoms with van der Waals surface area (Å²) < 4.78 is 5.20. The predicted octanol–water partition coefficient (Wildman–Crippen LogP) is 8.39. The summed E-state index contributed by atoms with van der Waals surface area (Å²) in [5.74, 6) is 4.69. The number of hydrogen-bond donors (Lipinski definition) is 2. The number of hydrogen-bond acceptors (Lipinski definition) is 5. The van der Waals surface area contributed by atoms with Crippen molar-refractivity contribution in [3.05, 3.63) is 36.5 Å². The Balaban J connectivity index is 0.00000113. The Labute approximate surface area is 257 Å². The van der Waals surface area contributed by atoms with Gasteiger partial charge in [-0.1, -0.05) is 64.3 Å². The quantitative estimate of drug-likeness (QED) is 0.0871. The maximum atomic E-state index is 11.7. The first-order chi connectivity index (χ1) is 20.3. The van der Waals surface area contributed by atoms with Crippen molar-refractivity contribution >= 4 is 12.3 Å². The minimum absolute atomic E-state index is 0.0207. The number of allylic oxidation sites excluding steroid dienone is 3. The summed E-state index contributed by atoms with van der Waals surface area (Å²) in [4.78, 5) is 21.1. The molecule has 42 heavy (non-hydrogen) atoms. The SMILES string of the molecule is C=C(C)C=O.C=C(CO)C(=O)OCC(CO)CCC1CCC(C2CCC(/C=C/C3CCC(CCCC)CC3)CC2)CC1. The van der Waals surface area contributed by atoms with Gasteiger partial charge in [0.05, 0.1) is 18.8 Å². The van der Waals surface area contributed by atoms with Crippen LogP contribution in [0.5, 0.6) is 0 Å². The zero-order chi connectivity index (χ0) is 30.7. The third-order valence-corrected chi connectivity index (χ3v) is 10.3. The summed E-state index contributed by atoms with van der Waals surface area (Å²) in [6.45, 7) is 10.6. The topological polar surface area (TPSA) is 83.8 Å². The van der Waals surface area contributed by atoms with E-state index in [1.54, 1.807) is 6.92 Å². The average Bonchev–Trinajstić information content (AvgIpc) is 3.03. The van der Waals surface area contributed by atoms with Crippen molar-refractivity contribution < 1.29 is 24.5 Å². The van der Waals surface area contributed by atoms with E-state index in [-0.39, 0.29) is 31.3 Å². The number of esters is 1. The smallest absolute Gasteiger partial charge is 0.335 e. The van der Waals surface area contributed by atoms with Crippen molar-refractivity contribution in [1.82, 2.24) is 0 Å². The summed E-state index contributed by atoms with van der Waals surface area (Å²) in [6, 6.07) is 0. The molecule has 0 saturated heterocycles. The van der Waals surface area contributed by atoms with Crippen LogP contribution in [0.25, 0.3) is 0 Å². The van der Waals surface area contributed by atoms with Gasteiger partial charge in [0.1, 0.15) is 6.29 Å². The fraction of sp³-hybridized carbons (Fsp3) is 0.784. The molecular formula is C37H62O5. The number of unbranched alkanes of at least 4 members (excludes halogenated alkanes) is 1. The summed E-state index contributed by atoms with van der Waals surface area (Å²) in [5, 5.41) is 18.7. The number of ether oxygens (including phenoxy) is 1. The van der Waals surface area contributed by atoms with Crippen molar-refractivity contribution in [3.63, 3.8) is 0 Å². The summed E-state index contributed by atoms with van der Waals surface area (Å²) in [7, 11) is 0. The molecular weight excluding hydrogens is 524 g/mol. The lowest BCUT2D eigenvalue weighted by molar-refractivity contribution is -0.141. The Kier molecular flexibility index (Phi) is 18.3. The molecule has 5 nitrogen and oxygen atoms in total. The zero-order valence-corrected chi connectivity index (χ0v) is 26.9. The van der Waals surface area contributed by atoms with Gasteiger partial charge in [-0.2, -0.15) is 0 Å². The van der Waals surface area contributed by atoms with E-state index in [9.17, 15) is 14.7 Å². The Hall–Kier alpha value is -1.72. The lowest BCUT2D eigenvalue weighted by atomic mass is 9.68. The van der Waals surface area contributed by atoms with Crippen molar-refractivity contribution in [2.75, 3.05) is 19.8 Å². The molecule has 0 aromatic carbocycles. The minimum atomic E-state index is -0.559. The van der Waals surface area contributed by atoms with E-state index >= 15 is 0 Å². The molecule has 3 aliphatic rings. The number of rotatable bonds is 15. The van der Waals surface area contributed by atoms with Crippen LogP contribution in [0.15, 0.2) is 36.5 Å². The molecule has 1 unspecified atom stereocenters. The Morgan fingerprint density at radius 3 is 1.79 bits per heavy atom. The Bertz CT molecular complexity index is 808. The molecule has 0 bridgehead atoms. The molecule has 1 atom stereocenters. The fourth-order valence-electron chi connectivity index (χ4n) is 7.29. The second-order valence-corrected chi connectivity index (χ2v) is 13.7. The lowest BCUT2D eigenvalue weighted by Gasteiger charge is -2.37. The highest BCUT2D eigenvalue weighted by Gasteiger charge is 2.31. The lowest BCUT2D eigenvalue weighted by Crippen LogP contribution is -2.26. The second kappa shape index (κ2) is 21.1. The monoisotopic (exact) mass is 586 g/mol. The molecule has 240 valence electrons. The van der Waals surface area contributed by atoms with E-state index in [4.69, 9.17) is 9.84 Å². The molecule has 0 radical (unpaired) electrons. The van der Waals surface area contributed by atoms with Crippen LogP contribution in [0.3, 0.4) is 0 Å². The Morgan fingerprint density at radius 2 is 1.31 bits per heavy atom. The summed E-state index contributed by atoms with van der Waals surface area (Å²) >= 11 is 0. The second-order valence-electron chi connectivity index (χ2n) is 13.7. The van der Waals surface area contributed by atoms with Gasteiger partial charge in [0, 0.05) is 12.5 Å². The molecule has 2 N–H and O–H groups in total. The summed E-state index contributed by atoms with van der Waals surface area (Å²) in [5.41, 5.74) is 0.644. The van der Waals surface area contributed by atoms with Gasteiger partial charge in [0.15, 0.2) is 0 Å². The molecule has 0 aliphatic heterocycles. The van der Waals surface area contributed by atoms with E-state index < -0.39 is 5.97 Å². The third-order valence-electron chi connectivity index (χ3n) is 10.3. The normalized spacial score (nSPS) is 28.8. The zero-order valence-electron chi connectivity index (χ0n) is 26.9. The standard InChI is InChI=1S/C33H56O4.C4H6O/c1-3-4-5-26-6-8-27(9-7-26)10-11-28-14-18-31(19-15-28)32-20-16-29(17-21-32)12-13-30(23-35)24-37-33(36)25(2)22-34;1-4(2)3-5/h10-11,26-32,34-35H,2-9,12-24H2,1H3;3H,1H2,2H3/b11-10+;. The van der Waals surface area contributed by atoms with Gasteiger partial charge in [-0.3, -0.25) is 4.79 Å².